The van der Waals surface area contributed by atoms with Crippen LogP contribution in [0.2, 0.25) is 0 Å². The third-order valence-corrected chi connectivity index (χ3v) is 9.89. The van der Waals surface area contributed by atoms with Gasteiger partial charge in [0.05, 0.1) is 11.0 Å². The number of nitrogens with zero attached hydrogens (tertiary/aromatic N) is 2. The minimum absolute atomic E-state index is 0.0330. The first-order valence-electron chi connectivity index (χ1n) is 15.7. The lowest BCUT2D eigenvalue weighted by atomic mass is 9.46. The van der Waals surface area contributed by atoms with Crippen LogP contribution in [0.4, 0.5) is 0 Å². The highest BCUT2D eigenvalue weighted by Gasteiger charge is 2.40. The Balaban J connectivity index is 1.64. The highest BCUT2D eigenvalue weighted by Crippen LogP contribution is 2.40. The van der Waals surface area contributed by atoms with Crippen LogP contribution in [-0.2, 0) is 10.8 Å². The molecular weight excluding hydrogens is 519 g/mol. The lowest BCUT2D eigenvalue weighted by Gasteiger charge is -2.34. The average Bonchev–Trinajstić information content (AvgIpc) is 3.48. The molecule has 1 aliphatic heterocycles. The first-order chi connectivity index (χ1) is 20.5. The van der Waals surface area contributed by atoms with Crippen LogP contribution in [0, 0.1) is 13.8 Å². The van der Waals surface area contributed by atoms with Crippen LogP contribution in [0.15, 0.2) is 91.0 Å². The maximum absolute atomic E-state index is 2.69. The first-order valence-corrected chi connectivity index (χ1v) is 15.7. The number of aryl methyl sites for hydroxylation is 2. The fourth-order valence-electron chi connectivity index (χ4n) is 7.89. The van der Waals surface area contributed by atoms with Gasteiger partial charge in [0.15, 0.2) is 0 Å². The number of hydrogen-bond acceptors (Lipinski definition) is 0. The van der Waals surface area contributed by atoms with E-state index in [1.54, 1.807) is 0 Å². The van der Waals surface area contributed by atoms with E-state index in [4.69, 9.17) is 0 Å². The SMILES string of the molecule is Cc1cccc2c3cccc(C)c3n(B3c4ccccc4-n4c5cc(C(C)(C)C)ccc5c5ccc(C(C)(C)C)c3c54)c12. The average molecular weight is 559 g/mol. The molecule has 0 atom stereocenters. The molecule has 2 nitrogen and oxygen atoms in total. The highest BCUT2D eigenvalue weighted by atomic mass is 15.0. The monoisotopic (exact) mass is 558 g/mol. The molecule has 1 aliphatic rings. The van der Waals surface area contributed by atoms with Crippen LogP contribution < -0.4 is 10.9 Å². The molecule has 7 aromatic rings. The van der Waals surface area contributed by atoms with Crippen molar-refractivity contribution in [1.29, 1.82) is 0 Å². The molecule has 3 heterocycles. The standard InChI is InChI=1S/C40H39BN2/c1-24-13-11-15-28-29-16-12-14-25(2)37(29)43(36(24)28)41-32-17-9-10-18-33(32)42-34-23-26(39(3,4)5)19-20-27(34)30-21-22-31(40(6,7)8)35(41)38(30)42/h9-23H,1-8H3. The second-order valence-electron chi connectivity index (χ2n) is 14.8. The predicted molar refractivity (Wildman–Crippen MR) is 188 cm³/mol. The van der Waals surface area contributed by atoms with Crippen molar-refractivity contribution in [2.24, 2.45) is 0 Å². The van der Waals surface area contributed by atoms with Gasteiger partial charge in [-0.05, 0) is 70.0 Å². The molecule has 0 radical (unpaired) electrons. The molecule has 0 spiro atoms. The summed E-state index contributed by atoms with van der Waals surface area (Å²) in [7, 11) is 0. The lowest BCUT2D eigenvalue weighted by molar-refractivity contribution is 0.591. The van der Waals surface area contributed by atoms with Crippen molar-refractivity contribution in [2.75, 3.05) is 0 Å². The molecule has 0 amide bonds. The smallest absolute Gasteiger partial charge is 0.332 e. The largest absolute Gasteiger partial charge is 0.375 e. The number of fused-ring (bicyclic) bond motifs is 8. The van der Waals surface area contributed by atoms with Crippen molar-refractivity contribution in [3.05, 3.63) is 113 Å². The number of para-hydroxylation sites is 3. The summed E-state index contributed by atoms with van der Waals surface area (Å²) in [6.07, 6.45) is 0. The van der Waals surface area contributed by atoms with Gasteiger partial charge in [0.25, 0.3) is 0 Å². The molecule has 5 aromatic carbocycles. The first kappa shape index (κ1) is 26.4. The van der Waals surface area contributed by atoms with Crippen LogP contribution in [-0.4, -0.2) is 15.9 Å². The number of benzene rings is 5. The molecule has 43 heavy (non-hydrogen) atoms. The summed E-state index contributed by atoms with van der Waals surface area (Å²) in [5, 5.41) is 5.34. The zero-order valence-electron chi connectivity index (χ0n) is 26.6. The highest BCUT2D eigenvalue weighted by molar-refractivity contribution is 6.88. The summed E-state index contributed by atoms with van der Waals surface area (Å²) in [4.78, 5) is 0. The van der Waals surface area contributed by atoms with Gasteiger partial charge in [-0.15, -0.1) is 0 Å². The van der Waals surface area contributed by atoms with Crippen LogP contribution in [0.5, 0.6) is 0 Å². The van der Waals surface area contributed by atoms with Gasteiger partial charge in [-0.3, -0.25) is 0 Å². The lowest BCUT2D eigenvalue weighted by Crippen LogP contribution is -2.55. The summed E-state index contributed by atoms with van der Waals surface area (Å²) in [5.41, 5.74) is 14.9. The van der Waals surface area contributed by atoms with E-state index in [9.17, 15) is 0 Å². The zero-order chi connectivity index (χ0) is 30.0. The maximum Gasteiger partial charge on any atom is 0.332 e. The Kier molecular flexibility index (Phi) is 5.32. The van der Waals surface area contributed by atoms with Crippen molar-refractivity contribution in [1.82, 2.24) is 9.05 Å². The Morgan fingerprint density at radius 2 is 1.16 bits per heavy atom. The summed E-state index contributed by atoms with van der Waals surface area (Å²) < 4.78 is 5.28. The van der Waals surface area contributed by atoms with Crippen molar-refractivity contribution < 1.29 is 0 Å². The second kappa shape index (κ2) is 8.66. The van der Waals surface area contributed by atoms with E-state index in [1.807, 2.05) is 0 Å². The fourth-order valence-corrected chi connectivity index (χ4v) is 7.89. The van der Waals surface area contributed by atoms with Gasteiger partial charge in [-0.25, -0.2) is 0 Å². The van der Waals surface area contributed by atoms with Gasteiger partial charge in [0, 0.05) is 38.3 Å². The molecule has 0 aliphatic carbocycles. The van der Waals surface area contributed by atoms with Gasteiger partial charge in [0.1, 0.15) is 0 Å². The van der Waals surface area contributed by atoms with Gasteiger partial charge in [0.2, 0.25) is 0 Å². The van der Waals surface area contributed by atoms with Gasteiger partial charge in [-0.2, -0.15) is 0 Å². The molecule has 0 bridgehead atoms. The molecule has 8 rings (SSSR count). The van der Waals surface area contributed by atoms with Gasteiger partial charge >= 0.3 is 6.85 Å². The zero-order valence-corrected chi connectivity index (χ0v) is 26.6. The molecule has 0 unspecified atom stereocenters. The Morgan fingerprint density at radius 3 is 1.79 bits per heavy atom. The summed E-state index contributed by atoms with van der Waals surface area (Å²) in [6.45, 7) is 18.6. The molecular formula is C40H39BN2. The normalized spacial score (nSPS) is 13.5. The molecule has 0 N–H and O–H groups in total. The Morgan fingerprint density at radius 1 is 0.558 bits per heavy atom. The van der Waals surface area contributed by atoms with Crippen LogP contribution in [0.1, 0.15) is 63.8 Å². The van der Waals surface area contributed by atoms with E-state index in [0.717, 1.165) is 0 Å². The maximum atomic E-state index is 2.69. The number of rotatable bonds is 1. The van der Waals surface area contributed by atoms with Crippen molar-refractivity contribution in [2.45, 2.75) is 66.2 Å². The molecule has 212 valence electrons. The van der Waals surface area contributed by atoms with Crippen molar-refractivity contribution in [3.63, 3.8) is 0 Å². The van der Waals surface area contributed by atoms with E-state index >= 15 is 0 Å². The van der Waals surface area contributed by atoms with Crippen LogP contribution in [0.25, 0.3) is 49.3 Å². The van der Waals surface area contributed by atoms with Crippen molar-refractivity contribution >= 4 is 61.4 Å². The molecule has 0 saturated heterocycles. The summed E-state index contributed by atoms with van der Waals surface area (Å²) in [5.74, 6) is 0. The third kappa shape index (κ3) is 3.54. The van der Waals surface area contributed by atoms with E-state index in [-0.39, 0.29) is 17.7 Å². The molecule has 0 fully saturated rings. The number of aromatic nitrogens is 2. The predicted octanol–water partition coefficient (Wildman–Crippen LogP) is 9.07. The van der Waals surface area contributed by atoms with Gasteiger partial charge in [-0.1, -0.05) is 120 Å². The minimum Gasteiger partial charge on any atom is -0.375 e. The molecule has 0 saturated carbocycles. The quantitative estimate of drug-likeness (QED) is 0.178. The fraction of sp³-hybridized carbons (Fsp3) is 0.250. The molecule has 2 aromatic heterocycles. The Labute approximate surface area is 255 Å². The molecule has 3 heteroatoms. The van der Waals surface area contributed by atoms with Gasteiger partial charge < -0.3 is 9.05 Å². The third-order valence-electron chi connectivity index (χ3n) is 9.89. The summed E-state index contributed by atoms with van der Waals surface area (Å²) >= 11 is 0. The van der Waals surface area contributed by atoms with E-state index in [2.05, 4.69) is 155 Å². The topological polar surface area (TPSA) is 9.86 Å². The van der Waals surface area contributed by atoms with Crippen LogP contribution in [0.3, 0.4) is 0 Å². The van der Waals surface area contributed by atoms with E-state index in [0.29, 0.717) is 0 Å². The van der Waals surface area contributed by atoms with Crippen LogP contribution >= 0.6 is 0 Å². The van der Waals surface area contributed by atoms with Crippen molar-refractivity contribution in [3.8, 4) is 5.69 Å². The second-order valence-corrected chi connectivity index (χ2v) is 14.8. The Hall–Kier alpha value is -4.24. The summed E-state index contributed by atoms with van der Waals surface area (Å²) in [6, 6.07) is 34.7. The Bertz CT molecular complexity index is 2220. The van der Waals surface area contributed by atoms with E-state index in [1.165, 1.54) is 82.5 Å². The van der Waals surface area contributed by atoms with E-state index < -0.39 is 0 Å². The number of hydrogen-bond donors (Lipinski definition) is 0. The minimum atomic E-state index is -0.0330.